The van der Waals surface area contributed by atoms with E-state index in [0.717, 1.165) is 6.42 Å². The third-order valence-corrected chi connectivity index (χ3v) is 3.69. The summed E-state index contributed by atoms with van der Waals surface area (Å²) in [6.45, 7) is 2.26. The molecule has 0 amide bonds. The highest BCUT2D eigenvalue weighted by Crippen LogP contribution is 2.10. The predicted molar refractivity (Wildman–Crippen MR) is 95.0 cm³/mol. The van der Waals surface area contributed by atoms with Crippen LogP contribution in [-0.2, 0) is 0 Å². The maximum absolute atomic E-state index is 11.0. The normalized spacial score (nSPS) is 11.7. The third-order valence-electron chi connectivity index (χ3n) is 3.69. The van der Waals surface area contributed by atoms with Crippen molar-refractivity contribution in [1.29, 1.82) is 0 Å². The Labute approximate surface area is 134 Å². The van der Waals surface area contributed by atoms with Gasteiger partial charge in [-0.1, -0.05) is 82.6 Å². The van der Waals surface area contributed by atoms with E-state index in [1.807, 2.05) is 18.2 Å². The van der Waals surface area contributed by atoms with Gasteiger partial charge in [-0.3, -0.25) is 0 Å². The highest BCUT2D eigenvalue weighted by molar-refractivity contribution is 5.44. The van der Waals surface area contributed by atoms with Crippen LogP contribution in [0.5, 0.6) is 0 Å². The molecule has 0 fully saturated rings. The SMILES string of the molecule is CCCCCCCCCCCC=CC=Cc1cccc(=O)o1. The lowest BCUT2D eigenvalue weighted by Gasteiger charge is -2.00. The zero-order valence-corrected chi connectivity index (χ0v) is 13.9. The van der Waals surface area contributed by atoms with Crippen LogP contribution < -0.4 is 5.63 Å². The van der Waals surface area contributed by atoms with E-state index in [9.17, 15) is 4.79 Å². The molecule has 0 unspecified atom stereocenters. The van der Waals surface area contributed by atoms with Gasteiger partial charge >= 0.3 is 5.63 Å². The number of hydrogen-bond acceptors (Lipinski definition) is 2. The molecule has 0 saturated heterocycles. The third kappa shape index (κ3) is 10.2. The summed E-state index contributed by atoms with van der Waals surface area (Å²) >= 11 is 0. The van der Waals surface area contributed by atoms with Crippen molar-refractivity contribution in [2.75, 3.05) is 0 Å². The maximum atomic E-state index is 11.0. The zero-order valence-electron chi connectivity index (χ0n) is 13.9. The lowest BCUT2D eigenvalue weighted by atomic mass is 10.1. The molecule has 2 heteroatoms. The molecular formula is C20H30O2. The summed E-state index contributed by atoms with van der Waals surface area (Å²) in [5.41, 5.74) is -0.305. The fraction of sp³-hybridized carbons (Fsp3) is 0.550. The van der Waals surface area contributed by atoms with Crippen molar-refractivity contribution in [2.24, 2.45) is 0 Å². The first-order chi connectivity index (χ1) is 10.8. The summed E-state index contributed by atoms with van der Waals surface area (Å²) in [5, 5.41) is 0. The highest BCUT2D eigenvalue weighted by atomic mass is 16.4. The van der Waals surface area contributed by atoms with Crippen molar-refractivity contribution in [2.45, 2.75) is 71.1 Å². The maximum Gasteiger partial charge on any atom is 0.336 e. The number of allylic oxidation sites excluding steroid dienone is 3. The van der Waals surface area contributed by atoms with Gasteiger partial charge in [-0.25, -0.2) is 4.79 Å². The molecule has 0 aliphatic rings. The van der Waals surface area contributed by atoms with E-state index in [2.05, 4.69) is 13.0 Å². The van der Waals surface area contributed by atoms with E-state index >= 15 is 0 Å². The molecule has 1 aromatic heterocycles. The average molecular weight is 302 g/mol. The number of unbranched alkanes of at least 4 members (excludes halogenated alkanes) is 9. The van der Waals surface area contributed by atoms with Crippen molar-refractivity contribution in [3.8, 4) is 0 Å². The molecule has 0 N–H and O–H groups in total. The Morgan fingerprint density at radius 3 is 2.27 bits per heavy atom. The van der Waals surface area contributed by atoms with Crippen LogP contribution in [0.15, 0.2) is 45.6 Å². The molecule has 0 saturated carbocycles. The molecule has 0 radical (unpaired) electrons. The average Bonchev–Trinajstić information content (AvgIpc) is 2.52. The Balaban J connectivity index is 1.97. The summed E-state index contributed by atoms with van der Waals surface area (Å²) in [6, 6.07) is 4.90. The van der Waals surface area contributed by atoms with Gasteiger partial charge in [-0.05, 0) is 25.0 Å². The van der Waals surface area contributed by atoms with Gasteiger partial charge in [0.1, 0.15) is 5.76 Å². The Bertz CT molecular complexity index is 482. The Hall–Kier alpha value is -1.57. The van der Waals surface area contributed by atoms with Crippen molar-refractivity contribution in [3.63, 3.8) is 0 Å². The Morgan fingerprint density at radius 1 is 0.909 bits per heavy atom. The molecule has 0 aromatic carbocycles. The molecule has 1 rings (SSSR count). The van der Waals surface area contributed by atoms with Crippen LogP contribution in [0.1, 0.15) is 76.9 Å². The van der Waals surface area contributed by atoms with Crippen molar-refractivity contribution >= 4 is 6.08 Å². The predicted octanol–water partition coefficient (Wildman–Crippen LogP) is 6.13. The molecule has 0 bridgehead atoms. The van der Waals surface area contributed by atoms with E-state index in [-0.39, 0.29) is 5.63 Å². The molecule has 0 aliphatic carbocycles. The van der Waals surface area contributed by atoms with Crippen molar-refractivity contribution < 1.29 is 4.42 Å². The summed E-state index contributed by atoms with van der Waals surface area (Å²) in [6.07, 6.45) is 21.4. The zero-order chi connectivity index (χ0) is 15.9. The lowest BCUT2D eigenvalue weighted by Crippen LogP contribution is -1.94. The Morgan fingerprint density at radius 2 is 1.59 bits per heavy atom. The molecule has 122 valence electrons. The monoisotopic (exact) mass is 302 g/mol. The second-order valence-corrected chi connectivity index (χ2v) is 5.75. The molecule has 0 spiro atoms. The van der Waals surface area contributed by atoms with Crippen LogP contribution in [0.25, 0.3) is 6.08 Å². The first-order valence-electron chi connectivity index (χ1n) is 8.76. The van der Waals surface area contributed by atoms with Gasteiger partial charge in [0.25, 0.3) is 0 Å². The van der Waals surface area contributed by atoms with Crippen LogP contribution in [0.2, 0.25) is 0 Å². The van der Waals surface area contributed by atoms with Gasteiger partial charge < -0.3 is 4.42 Å². The van der Waals surface area contributed by atoms with Gasteiger partial charge in [0, 0.05) is 6.07 Å². The number of rotatable bonds is 12. The first kappa shape index (κ1) is 18.5. The molecule has 0 atom stereocenters. The van der Waals surface area contributed by atoms with Gasteiger partial charge in [0.15, 0.2) is 0 Å². The van der Waals surface area contributed by atoms with Crippen LogP contribution in [0.3, 0.4) is 0 Å². The summed E-state index contributed by atoms with van der Waals surface area (Å²) in [5.74, 6) is 0.597. The molecule has 22 heavy (non-hydrogen) atoms. The second kappa shape index (κ2) is 13.1. The minimum absolute atomic E-state index is 0.305. The standard InChI is InChI=1S/C20H30O2/c1-2-3-4-5-6-7-8-9-10-11-12-13-14-16-19-17-15-18-20(21)22-19/h12-18H,2-11H2,1H3. The summed E-state index contributed by atoms with van der Waals surface area (Å²) in [4.78, 5) is 11.0. The van der Waals surface area contributed by atoms with Crippen LogP contribution in [0.4, 0.5) is 0 Å². The van der Waals surface area contributed by atoms with E-state index in [4.69, 9.17) is 4.42 Å². The molecule has 2 nitrogen and oxygen atoms in total. The summed E-state index contributed by atoms with van der Waals surface area (Å²) in [7, 11) is 0. The van der Waals surface area contributed by atoms with E-state index in [0.29, 0.717) is 5.76 Å². The van der Waals surface area contributed by atoms with Gasteiger partial charge in [-0.15, -0.1) is 0 Å². The molecular weight excluding hydrogens is 272 g/mol. The molecule has 0 aliphatic heterocycles. The fourth-order valence-electron chi connectivity index (χ4n) is 2.39. The van der Waals surface area contributed by atoms with Gasteiger partial charge in [-0.2, -0.15) is 0 Å². The second-order valence-electron chi connectivity index (χ2n) is 5.75. The van der Waals surface area contributed by atoms with Crippen LogP contribution >= 0.6 is 0 Å². The summed E-state index contributed by atoms with van der Waals surface area (Å²) < 4.78 is 5.01. The lowest BCUT2D eigenvalue weighted by molar-refractivity contribution is 0.501. The van der Waals surface area contributed by atoms with Gasteiger partial charge in [0.05, 0.1) is 0 Å². The van der Waals surface area contributed by atoms with Crippen LogP contribution in [0, 0.1) is 0 Å². The first-order valence-corrected chi connectivity index (χ1v) is 8.76. The quantitative estimate of drug-likeness (QED) is 0.343. The van der Waals surface area contributed by atoms with E-state index in [1.54, 1.807) is 12.1 Å². The highest BCUT2D eigenvalue weighted by Gasteiger charge is 1.91. The van der Waals surface area contributed by atoms with Crippen LogP contribution in [-0.4, -0.2) is 0 Å². The molecule has 1 heterocycles. The minimum Gasteiger partial charge on any atom is -0.423 e. The Kier molecular flexibility index (Phi) is 11.0. The minimum atomic E-state index is -0.305. The smallest absolute Gasteiger partial charge is 0.336 e. The van der Waals surface area contributed by atoms with E-state index in [1.165, 1.54) is 63.9 Å². The van der Waals surface area contributed by atoms with Crippen molar-refractivity contribution in [1.82, 2.24) is 0 Å². The number of hydrogen-bond donors (Lipinski definition) is 0. The topological polar surface area (TPSA) is 30.2 Å². The fourth-order valence-corrected chi connectivity index (χ4v) is 2.39. The van der Waals surface area contributed by atoms with E-state index < -0.39 is 0 Å². The van der Waals surface area contributed by atoms with Gasteiger partial charge in [0.2, 0.25) is 0 Å². The molecule has 1 aromatic rings. The van der Waals surface area contributed by atoms with Crippen molar-refractivity contribution in [3.05, 3.63) is 52.6 Å². The largest absolute Gasteiger partial charge is 0.423 e.